The lowest BCUT2D eigenvalue weighted by molar-refractivity contribution is 0.0885. The zero-order valence-electron chi connectivity index (χ0n) is 10.5. The van der Waals surface area contributed by atoms with Gasteiger partial charge in [0, 0.05) is 16.8 Å². The molecule has 0 unspecified atom stereocenters. The molecule has 3 rings (SSSR count). The van der Waals surface area contributed by atoms with E-state index < -0.39 is 5.92 Å². The fraction of sp³-hybridized carbons (Fsp3) is 0.0625. The second-order valence-electron chi connectivity index (χ2n) is 4.56. The largest absolute Gasteiger partial charge is 0.349 e. The standard InChI is InChI=1S/C16H11NO2S/c18-14-11-8-4-5-9-12(11)15(19)13(14)16(20)17-10-6-2-1-3-7-10/h1-9,13H,(H,17,20). The summed E-state index contributed by atoms with van der Waals surface area (Å²) in [4.78, 5) is 24.8. The van der Waals surface area contributed by atoms with E-state index in [0.717, 1.165) is 5.69 Å². The van der Waals surface area contributed by atoms with Crippen LogP contribution in [0.5, 0.6) is 0 Å². The van der Waals surface area contributed by atoms with Crippen LogP contribution in [0.15, 0.2) is 54.6 Å². The molecule has 2 aromatic carbocycles. The van der Waals surface area contributed by atoms with Gasteiger partial charge in [-0.3, -0.25) is 9.59 Å². The Morgan fingerprint density at radius 2 is 1.35 bits per heavy atom. The number of benzene rings is 2. The first kappa shape index (κ1) is 12.7. The third-order valence-electron chi connectivity index (χ3n) is 3.29. The maximum absolute atomic E-state index is 12.3. The molecule has 0 fully saturated rings. The summed E-state index contributed by atoms with van der Waals surface area (Å²) in [5, 5.41) is 2.97. The number of hydrogen-bond donors (Lipinski definition) is 1. The molecule has 1 N–H and O–H groups in total. The number of rotatable bonds is 2. The Labute approximate surface area is 121 Å². The molecule has 0 atom stereocenters. The summed E-state index contributed by atoms with van der Waals surface area (Å²) in [5.41, 5.74) is 1.69. The number of nitrogens with one attached hydrogen (secondary N) is 1. The van der Waals surface area contributed by atoms with Crippen LogP contribution in [0.3, 0.4) is 0 Å². The molecule has 20 heavy (non-hydrogen) atoms. The van der Waals surface area contributed by atoms with Crippen molar-refractivity contribution in [3.63, 3.8) is 0 Å². The van der Waals surface area contributed by atoms with Gasteiger partial charge in [-0.1, -0.05) is 54.7 Å². The molecule has 0 heterocycles. The normalized spacial score (nSPS) is 14.2. The molecular formula is C16H11NO2S. The summed E-state index contributed by atoms with van der Waals surface area (Å²) < 4.78 is 0. The van der Waals surface area contributed by atoms with Crippen molar-refractivity contribution < 1.29 is 9.59 Å². The van der Waals surface area contributed by atoms with E-state index in [0.29, 0.717) is 11.1 Å². The molecule has 0 radical (unpaired) electrons. The molecule has 0 aromatic heterocycles. The summed E-state index contributed by atoms with van der Waals surface area (Å²) in [5.74, 6) is -1.35. The highest BCUT2D eigenvalue weighted by Gasteiger charge is 2.40. The lowest BCUT2D eigenvalue weighted by atomic mass is 10.0. The molecule has 98 valence electrons. The third kappa shape index (κ3) is 2.04. The van der Waals surface area contributed by atoms with Crippen molar-refractivity contribution in [1.82, 2.24) is 0 Å². The zero-order chi connectivity index (χ0) is 14.1. The van der Waals surface area contributed by atoms with E-state index in [1.807, 2.05) is 30.3 Å². The van der Waals surface area contributed by atoms with Gasteiger partial charge in [0.15, 0.2) is 11.6 Å². The molecular weight excluding hydrogens is 270 g/mol. The summed E-state index contributed by atoms with van der Waals surface area (Å²) in [6.45, 7) is 0. The number of ketones is 2. The van der Waals surface area contributed by atoms with Crippen molar-refractivity contribution in [3.8, 4) is 0 Å². The first-order valence-electron chi connectivity index (χ1n) is 6.22. The van der Waals surface area contributed by atoms with Gasteiger partial charge in [0.25, 0.3) is 0 Å². The van der Waals surface area contributed by atoms with Crippen molar-refractivity contribution >= 4 is 34.5 Å². The van der Waals surface area contributed by atoms with Crippen molar-refractivity contribution in [2.24, 2.45) is 5.92 Å². The van der Waals surface area contributed by atoms with Gasteiger partial charge in [0.2, 0.25) is 0 Å². The fourth-order valence-electron chi connectivity index (χ4n) is 2.32. The number of carbonyl (C=O) groups is 2. The van der Waals surface area contributed by atoms with Crippen LogP contribution in [0, 0.1) is 5.92 Å². The molecule has 0 aliphatic heterocycles. The second kappa shape index (κ2) is 4.98. The number of carbonyl (C=O) groups excluding carboxylic acids is 2. The molecule has 0 spiro atoms. The summed E-state index contributed by atoms with van der Waals surface area (Å²) in [6, 6.07) is 16.1. The van der Waals surface area contributed by atoms with Crippen LogP contribution >= 0.6 is 12.2 Å². The lowest BCUT2D eigenvalue weighted by Crippen LogP contribution is -2.29. The minimum Gasteiger partial charge on any atom is -0.349 e. The van der Waals surface area contributed by atoms with Crippen LogP contribution in [0.1, 0.15) is 20.7 Å². The van der Waals surface area contributed by atoms with Gasteiger partial charge in [-0.15, -0.1) is 0 Å². The van der Waals surface area contributed by atoms with E-state index in [1.54, 1.807) is 24.3 Å². The van der Waals surface area contributed by atoms with Gasteiger partial charge < -0.3 is 5.32 Å². The smallest absolute Gasteiger partial charge is 0.181 e. The van der Waals surface area contributed by atoms with Gasteiger partial charge in [0.05, 0.1) is 4.99 Å². The molecule has 0 amide bonds. The van der Waals surface area contributed by atoms with Gasteiger partial charge in [-0.2, -0.15) is 0 Å². The molecule has 0 saturated heterocycles. The van der Waals surface area contributed by atoms with E-state index in [9.17, 15) is 9.59 Å². The molecule has 1 aliphatic carbocycles. The second-order valence-corrected chi connectivity index (χ2v) is 5.00. The molecule has 0 saturated carbocycles. The maximum Gasteiger partial charge on any atom is 0.181 e. The number of thiocarbonyl (C=S) groups is 1. The number of hydrogen-bond acceptors (Lipinski definition) is 3. The van der Waals surface area contributed by atoms with Crippen molar-refractivity contribution in [3.05, 3.63) is 65.7 Å². The highest BCUT2D eigenvalue weighted by molar-refractivity contribution is 7.80. The van der Waals surface area contributed by atoms with E-state index >= 15 is 0 Å². The topological polar surface area (TPSA) is 46.2 Å². The molecule has 2 aromatic rings. The summed E-state index contributed by atoms with van der Waals surface area (Å²) >= 11 is 5.24. The van der Waals surface area contributed by atoms with Crippen molar-refractivity contribution in [1.29, 1.82) is 0 Å². The monoisotopic (exact) mass is 281 g/mol. The maximum atomic E-state index is 12.3. The molecule has 1 aliphatic rings. The Bertz CT molecular complexity index is 674. The highest BCUT2D eigenvalue weighted by Crippen LogP contribution is 2.28. The van der Waals surface area contributed by atoms with Gasteiger partial charge >= 0.3 is 0 Å². The van der Waals surface area contributed by atoms with Crippen LogP contribution in [0.2, 0.25) is 0 Å². The Balaban J connectivity index is 1.88. The van der Waals surface area contributed by atoms with Crippen molar-refractivity contribution in [2.45, 2.75) is 0 Å². The Morgan fingerprint density at radius 1 is 0.850 bits per heavy atom. The van der Waals surface area contributed by atoms with E-state index in [1.165, 1.54) is 0 Å². The predicted molar refractivity (Wildman–Crippen MR) is 81.3 cm³/mol. The van der Waals surface area contributed by atoms with Crippen LogP contribution in [-0.4, -0.2) is 16.6 Å². The Hall–Kier alpha value is -2.33. The average Bonchev–Trinajstić information content (AvgIpc) is 2.72. The quantitative estimate of drug-likeness (QED) is 0.678. The number of Topliss-reactive ketones (excluding diaryl/α,β-unsaturated/α-hetero) is 2. The van der Waals surface area contributed by atoms with Crippen molar-refractivity contribution in [2.75, 3.05) is 5.32 Å². The Morgan fingerprint density at radius 3 is 1.90 bits per heavy atom. The minimum absolute atomic E-state index is 0.223. The summed E-state index contributed by atoms with van der Waals surface area (Å²) in [6.07, 6.45) is 0. The van der Waals surface area contributed by atoms with Gasteiger partial charge in [-0.25, -0.2) is 0 Å². The first-order chi connectivity index (χ1) is 9.68. The van der Waals surface area contributed by atoms with Crippen LogP contribution in [-0.2, 0) is 0 Å². The SMILES string of the molecule is O=C1c2ccccc2C(=O)C1C(=S)Nc1ccccc1. The van der Waals surface area contributed by atoms with Crippen LogP contribution in [0.4, 0.5) is 5.69 Å². The minimum atomic E-state index is -0.900. The molecule has 0 bridgehead atoms. The zero-order valence-corrected chi connectivity index (χ0v) is 11.3. The van der Waals surface area contributed by atoms with Crippen LogP contribution < -0.4 is 5.32 Å². The number of para-hydroxylation sites is 1. The average molecular weight is 281 g/mol. The highest BCUT2D eigenvalue weighted by atomic mass is 32.1. The number of anilines is 1. The van der Waals surface area contributed by atoms with Gasteiger partial charge in [0.1, 0.15) is 5.92 Å². The lowest BCUT2D eigenvalue weighted by Gasteiger charge is -2.11. The van der Waals surface area contributed by atoms with E-state index in [4.69, 9.17) is 12.2 Å². The van der Waals surface area contributed by atoms with E-state index in [2.05, 4.69) is 5.32 Å². The molecule has 3 nitrogen and oxygen atoms in total. The Kier molecular flexibility index (Phi) is 3.16. The summed E-state index contributed by atoms with van der Waals surface area (Å²) in [7, 11) is 0. The number of fused-ring (bicyclic) bond motifs is 1. The third-order valence-corrected chi connectivity index (χ3v) is 3.62. The predicted octanol–water partition coefficient (Wildman–Crippen LogP) is 3.12. The van der Waals surface area contributed by atoms with Crippen LogP contribution in [0.25, 0.3) is 0 Å². The van der Waals surface area contributed by atoms with E-state index in [-0.39, 0.29) is 16.6 Å². The van der Waals surface area contributed by atoms with Gasteiger partial charge in [-0.05, 0) is 12.1 Å². The first-order valence-corrected chi connectivity index (χ1v) is 6.62. The fourth-order valence-corrected chi connectivity index (χ4v) is 2.65. The molecule has 4 heteroatoms.